The molecule has 1 saturated heterocycles. The van der Waals surface area contributed by atoms with Crippen molar-refractivity contribution in [3.63, 3.8) is 0 Å². The molecule has 1 atom stereocenters. The Kier molecular flexibility index (Phi) is 5.40. The number of primary sulfonamides is 1. The quantitative estimate of drug-likeness (QED) is 0.826. The predicted molar refractivity (Wildman–Crippen MR) is 99.4 cm³/mol. The Hall–Kier alpha value is -2.23. The number of rotatable bonds is 4. The molecule has 2 heterocycles. The zero-order valence-corrected chi connectivity index (χ0v) is 15.6. The lowest BCUT2D eigenvalue weighted by molar-refractivity contribution is -0.121. The van der Waals surface area contributed by atoms with E-state index in [2.05, 4.69) is 5.32 Å². The van der Waals surface area contributed by atoms with Crippen molar-refractivity contribution in [2.45, 2.75) is 17.7 Å². The maximum absolute atomic E-state index is 12.7. The first kappa shape index (κ1) is 18.6. The van der Waals surface area contributed by atoms with Crippen LogP contribution in [0.4, 0.5) is 5.69 Å². The molecule has 0 radical (unpaired) electrons. The molecule has 7 nitrogen and oxygen atoms in total. The monoisotopic (exact) mass is 393 g/mol. The molecule has 2 amide bonds. The van der Waals surface area contributed by atoms with E-state index in [0.29, 0.717) is 25.1 Å². The van der Waals surface area contributed by atoms with E-state index in [9.17, 15) is 18.0 Å². The molecule has 3 N–H and O–H groups in total. The van der Waals surface area contributed by atoms with E-state index in [4.69, 9.17) is 5.14 Å². The van der Waals surface area contributed by atoms with Crippen molar-refractivity contribution in [2.24, 2.45) is 11.1 Å². The highest BCUT2D eigenvalue weighted by molar-refractivity contribution is 7.89. The number of para-hydroxylation sites is 1. The third-order valence-electron chi connectivity index (χ3n) is 4.25. The number of piperidine rings is 1. The standard InChI is InChI=1S/C17H19N3O4S2/c18-26(23,24)14-8-10-25-15(14)17(22)20-9-4-5-12(11-20)16(21)19-13-6-2-1-3-7-13/h1-3,6-8,10,12H,4-5,9,11H2,(H,19,21)(H2,18,23,24). The lowest BCUT2D eigenvalue weighted by Gasteiger charge is -2.32. The van der Waals surface area contributed by atoms with Crippen LogP contribution in [0.15, 0.2) is 46.7 Å². The second kappa shape index (κ2) is 7.56. The van der Waals surface area contributed by atoms with Crippen molar-refractivity contribution in [1.82, 2.24) is 4.90 Å². The summed E-state index contributed by atoms with van der Waals surface area (Å²) in [5.41, 5.74) is 0.704. The number of benzene rings is 1. The van der Waals surface area contributed by atoms with Gasteiger partial charge < -0.3 is 10.2 Å². The Morgan fingerprint density at radius 2 is 1.92 bits per heavy atom. The molecule has 0 bridgehead atoms. The number of nitrogens with zero attached hydrogens (tertiary/aromatic N) is 1. The van der Waals surface area contributed by atoms with E-state index >= 15 is 0 Å². The van der Waals surface area contributed by atoms with Crippen LogP contribution in [0.5, 0.6) is 0 Å². The molecule has 1 aromatic heterocycles. The molecule has 1 fully saturated rings. The third-order valence-corrected chi connectivity index (χ3v) is 6.24. The molecule has 1 aliphatic rings. The van der Waals surface area contributed by atoms with Crippen LogP contribution in [-0.2, 0) is 14.8 Å². The molecule has 138 valence electrons. The molecule has 0 aliphatic carbocycles. The summed E-state index contributed by atoms with van der Waals surface area (Å²) in [4.78, 5) is 26.7. The van der Waals surface area contributed by atoms with Gasteiger partial charge in [0.05, 0.1) is 5.92 Å². The smallest absolute Gasteiger partial charge is 0.265 e. The summed E-state index contributed by atoms with van der Waals surface area (Å²) >= 11 is 1.04. The molecule has 0 saturated carbocycles. The topological polar surface area (TPSA) is 110 Å². The summed E-state index contributed by atoms with van der Waals surface area (Å²) in [5.74, 6) is -0.890. The van der Waals surface area contributed by atoms with E-state index in [1.54, 1.807) is 12.1 Å². The number of hydrogen-bond donors (Lipinski definition) is 2. The minimum Gasteiger partial charge on any atom is -0.337 e. The van der Waals surface area contributed by atoms with Gasteiger partial charge in [-0.25, -0.2) is 13.6 Å². The fraction of sp³-hybridized carbons (Fsp3) is 0.294. The third kappa shape index (κ3) is 4.12. The van der Waals surface area contributed by atoms with Gasteiger partial charge in [0.2, 0.25) is 15.9 Å². The zero-order chi connectivity index (χ0) is 18.7. The summed E-state index contributed by atoms with van der Waals surface area (Å²) in [6.45, 7) is 0.732. The van der Waals surface area contributed by atoms with Crippen molar-refractivity contribution in [3.8, 4) is 0 Å². The fourth-order valence-corrected chi connectivity index (χ4v) is 4.90. The van der Waals surface area contributed by atoms with E-state index in [0.717, 1.165) is 11.3 Å². The SMILES string of the molecule is NS(=O)(=O)c1ccsc1C(=O)N1CCCC(C(=O)Nc2ccccc2)C1. The van der Waals surface area contributed by atoms with Crippen molar-refractivity contribution >= 4 is 38.9 Å². The Morgan fingerprint density at radius 3 is 2.62 bits per heavy atom. The number of anilines is 1. The van der Waals surface area contributed by atoms with Crippen molar-refractivity contribution < 1.29 is 18.0 Å². The lowest BCUT2D eigenvalue weighted by Crippen LogP contribution is -2.43. The number of hydrogen-bond acceptors (Lipinski definition) is 5. The van der Waals surface area contributed by atoms with Gasteiger partial charge in [0.15, 0.2) is 0 Å². The predicted octanol–water partition coefficient (Wildman–Crippen LogP) is 1.89. The van der Waals surface area contributed by atoms with Crippen molar-refractivity contribution in [2.75, 3.05) is 18.4 Å². The van der Waals surface area contributed by atoms with Gasteiger partial charge in [0.1, 0.15) is 9.77 Å². The lowest BCUT2D eigenvalue weighted by atomic mass is 9.97. The van der Waals surface area contributed by atoms with E-state index < -0.39 is 15.9 Å². The molecule has 1 aromatic carbocycles. The molecule has 2 aromatic rings. The number of thiophene rings is 1. The Labute approximate surface area is 155 Å². The number of sulfonamides is 1. The average molecular weight is 393 g/mol. The number of carbonyl (C=O) groups is 2. The number of likely N-dealkylation sites (tertiary alicyclic amines) is 1. The number of nitrogens with one attached hydrogen (secondary N) is 1. The van der Waals surface area contributed by atoms with Gasteiger partial charge in [-0.05, 0) is 36.4 Å². The Morgan fingerprint density at radius 1 is 1.19 bits per heavy atom. The maximum Gasteiger partial charge on any atom is 0.265 e. The Bertz CT molecular complexity index is 909. The molecular formula is C17H19N3O4S2. The van der Waals surface area contributed by atoms with Gasteiger partial charge in [0, 0.05) is 18.8 Å². The summed E-state index contributed by atoms with van der Waals surface area (Å²) in [6, 6.07) is 10.5. The van der Waals surface area contributed by atoms with Gasteiger partial charge in [-0.1, -0.05) is 18.2 Å². The first-order chi connectivity index (χ1) is 12.4. The highest BCUT2D eigenvalue weighted by Gasteiger charge is 2.31. The highest BCUT2D eigenvalue weighted by Crippen LogP contribution is 2.26. The van der Waals surface area contributed by atoms with Gasteiger partial charge in [-0.3, -0.25) is 9.59 Å². The van der Waals surface area contributed by atoms with E-state index in [1.807, 2.05) is 18.2 Å². The maximum atomic E-state index is 12.7. The molecule has 1 aliphatic heterocycles. The molecule has 26 heavy (non-hydrogen) atoms. The van der Waals surface area contributed by atoms with Crippen molar-refractivity contribution in [1.29, 1.82) is 0 Å². The average Bonchev–Trinajstić information content (AvgIpc) is 3.12. The number of amides is 2. The molecule has 1 unspecified atom stereocenters. The van der Waals surface area contributed by atoms with Gasteiger partial charge in [-0.2, -0.15) is 0 Å². The normalized spacial score (nSPS) is 17.7. The highest BCUT2D eigenvalue weighted by atomic mass is 32.2. The van der Waals surface area contributed by atoms with Crippen LogP contribution in [0, 0.1) is 5.92 Å². The molecule has 0 spiro atoms. The summed E-state index contributed by atoms with van der Waals surface area (Å²) in [7, 11) is -3.96. The van der Waals surface area contributed by atoms with Crippen LogP contribution >= 0.6 is 11.3 Å². The molecular weight excluding hydrogens is 374 g/mol. The molecule has 9 heteroatoms. The van der Waals surface area contributed by atoms with E-state index in [1.165, 1.54) is 16.3 Å². The van der Waals surface area contributed by atoms with Gasteiger partial charge in [-0.15, -0.1) is 11.3 Å². The first-order valence-corrected chi connectivity index (χ1v) is 10.5. The summed E-state index contributed by atoms with van der Waals surface area (Å²) < 4.78 is 23.3. The molecule has 3 rings (SSSR count). The van der Waals surface area contributed by atoms with E-state index in [-0.39, 0.29) is 28.1 Å². The first-order valence-electron chi connectivity index (χ1n) is 8.12. The Balaban J connectivity index is 1.71. The summed E-state index contributed by atoms with van der Waals surface area (Å²) in [6.07, 6.45) is 1.35. The van der Waals surface area contributed by atoms with Crippen LogP contribution in [0.3, 0.4) is 0 Å². The van der Waals surface area contributed by atoms with Crippen LogP contribution < -0.4 is 10.5 Å². The zero-order valence-electron chi connectivity index (χ0n) is 13.9. The van der Waals surface area contributed by atoms with Gasteiger partial charge in [0.25, 0.3) is 5.91 Å². The van der Waals surface area contributed by atoms with Crippen LogP contribution in [0.25, 0.3) is 0 Å². The summed E-state index contributed by atoms with van der Waals surface area (Å²) in [5, 5.41) is 9.55. The van der Waals surface area contributed by atoms with Crippen LogP contribution in [0.2, 0.25) is 0 Å². The minimum atomic E-state index is -3.96. The fourth-order valence-electron chi connectivity index (χ4n) is 2.96. The largest absolute Gasteiger partial charge is 0.337 e. The number of carbonyl (C=O) groups excluding carboxylic acids is 2. The van der Waals surface area contributed by atoms with Crippen LogP contribution in [-0.4, -0.2) is 38.2 Å². The minimum absolute atomic E-state index is 0.0941. The van der Waals surface area contributed by atoms with Crippen molar-refractivity contribution in [3.05, 3.63) is 46.7 Å². The second-order valence-corrected chi connectivity index (χ2v) is 8.55. The number of nitrogens with two attached hydrogens (primary N) is 1. The van der Waals surface area contributed by atoms with Gasteiger partial charge >= 0.3 is 0 Å². The second-order valence-electron chi connectivity index (χ2n) is 6.10. The van der Waals surface area contributed by atoms with Crippen LogP contribution in [0.1, 0.15) is 22.5 Å².